The number of ether oxygens (including phenoxy) is 2. The fraction of sp³-hybridized carbons (Fsp3) is 0.900. The Bertz CT molecular complexity index is 232. The molecule has 0 atom stereocenters. The maximum absolute atomic E-state index is 11.6. The van der Waals surface area contributed by atoms with Gasteiger partial charge in [-0.05, 0) is 12.8 Å². The third-order valence-corrected chi connectivity index (χ3v) is 3.12. The number of carbonyl (C=O) groups excluding carboxylic acids is 1. The Balaban J connectivity index is 1.95. The van der Waals surface area contributed by atoms with Crippen LogP contribution in [0.25, 0.3) is 0 Å². The molecule has 0 aliphatic heterocycles. The van der Waals surface area contributed by atoms with Gasteiger partial charge < -0.3 is 9.47 Å². The zero-order chi connectivity index (χ0) is 10.2. The third kappa shape index (κ3) is 1.64. The second kappa shape index (κ2) is 3.51. The van der Waals surface area contributed by atoms with Crippen LogP contribution in [0.2, 0.25) is 0 Å². The molecule has 4 nitrogen and oxygen atoms in total. The van der Waals surface area contributed by atoms with Crippen molar-refractivity contribution in [1.29, 1.82) is 0 Å². The van der Waals surface area contributed by atoms with Crippen LogP contribution in [0.3, 0.4) is 0 Å². The number of carbonyl (C=O) groups is 1. The van der Waals surface area contributed by atoms with Crippen LogP contribution in [0.4, 0.5) is 0 Å². The Kier molecular flexibility index (Phi) is 2.49. The molecule has 4 heteroatoms. The summed E-state index contributed by atoms with van der Waals surface area (Å²) in [4.78, 5) is 11.6. The lowest BCUT2D eigenvalue weighted by molar-refractivity contribution is -0.160. The number of nitrogens with one attached hydrogen (secondary N) is 1. The average molecular weight is 199 g/mol. The molecule has 2 aliphatic rings. The smallest absolute Gasteiger partial charge is 0.326 e. The molecule has 0 bridgehead atoms. The van der Waals surface area contributed by atoms with Crippen molar-refractivity contribution in [3.63, 3.8) is 0 Å². The maximum Gasteiger partial charge on any atom is 0.326 e. The molecule has 14 heavy (non-hydrogen) atoms. The molecule has 2 rings (SSSR count). The van der Waals surface area contributed by atoms with Crippen LogP contribution >= 0.6 is 0 Å². The van der Waals surface area contributed by atoms with Crippen molar-refractivity contribution in [3.8, 4) is 0 Å². The van der Waals surface area contributed by atoms with Gasteiger partial charge in [0.15, 0.2) is 0 Å². The summed E-state index contributed by atoms with van der Waals surface area (Å²) in [5.41, 5.74) is -0.448. The number of methoxy groups -OCH3 is 2. The summed E-state index contributed by atoms with van der Waals surface area (Å²) in [6.45, 7) is 0. The first kappa shape index (κ1) is 9.93. The van der Waals surface area contributed by atoms with Crippen LogP contribution in [0.15, 0.2) is 0 Å². The van der Waals surface area contributed by atoms with E-state index < -0.39 is 5.54 Å². The molecule has 2 fully saturated rings. The van der Waals surface area contributed by atoms with E-state index in [4.69, 9.17) is 9.47 Å². The van der Waals surface area contributed by atoms with Gasteiger partial charge in [-0.1, -0.05) is 0 Å². The zero-order valence-corrected chi connectivity index (χ0v) is 8.71. The van der Waals surface area contributed by atoms with E-state index >= 15 is 0 Å². The van der Waals surface area contributed by atoms with Gasteiger partial charge >= 0.3 is 5.97 Å². The predicted molar refractivity (Wildman–Crippen MR) is 50.9 cm³/mol. The fourth-order valence-corrected chi connectivity index (χ4v) is 2.04. The summed E-state index contributed by atoms with van der Waals surface area (Å²) in [6, 6.07) is 0.520. The van der Waals surface area contributed by atoms with E-state index in [2.05, 4.69) is 5.32 Å². The van der Waals surface area contributed by atoms with E-state index in [1.165, 1.54) is 20.0 Å². The van der Waals surface area contributed by atoms with E-state index in [9.17, 15) is 4.79 Å². The van der Waals surface area contributed by atoms with E-state index in [1.54, 1.807) is 7.11 Å². The predicted octanol–water partition coefficient (Wildman–Crippen LogP) is 0.459. The molecule has 2 saturated carbocycles. The minimum atomic E-state index is -0.448. The van der Waals surface area contributed by atoms with Crippen molar-refractivity contribution in [1.82, 2.24) is 5.32 Å². The van der Waals surface area contributed by atoms with E-state index in [1.807, 2.05) is 0 Å². The topological polar surface area (TPSA) is 47.6 Å². The van der Waals surface area contributed by atoms with Gasteiger partial charge in [0, 0.05) is 26.0 Å². The monoisotopic (exact) mass is 199 g/mol. The molecule has 0 saturated heterocycles. The highest BCUT2D eigenvalue weighted by molar-refractivity contribution is 5.82. The van der Waals surface area contributed by atoms with Crippen LogP contribution in [-0.4, -0.2) is 37.9 Å². The molecule has 0 aromatic rings. The minimum Gasteiger partial charge on any atom is -0.468 e. The van der Waals surface area contributed by atoms with Gasteiger partial charge in [0.25, 0.3) is 0 Å². The van der Waals surface area contributed by atoms with Crippen molar-refractivity contribution in [2.45, 2.75) is 43.4 Å². The standard InChI is InChI=1S/C10H17NO3/c1-13-8-5-10(6-8,9(12)14-2)11-7-3-4-7/h7-8,11H,3-6H2,1-2H3. The Morgan fingerprint density at radius 3 is 2.43 bits per heavy atom. The summed E-state index contributed by atoms with van der Waals surface area (Å²) in [5, 5.41) is 3.36. The zero-order valence-electron chi connectivity index (χ0n) is 8.71. The van der Waals surface area contributed by atoms with Gasteiger partial charge in [0.05, 0.1) is 13.2 Å². The highest BCUT2D eigenvalue weighted by Crippen LogP contribution is 2.38. The highest BCUT2D eigenvalue weighted by atomic mass is 16.5. The van der Waals surface area contributed by atoms with Crippen LogP contribution in [0.5, 0.6) is 0 Å². The summed E-state index contributed by atoms with van der Waals surface area (Å²) >= 11 is 0. The van der Waals surface area contributed by atoms with Gasteiger partial charge in [-0.3, -0.25) is 10.1 Å². The first-order valence-electron chi connectivity index (χ1n) is 5.09. The number of hydrogen-bond donors (Lipinski definition) is 1. The van der Waals surface area contributed by atoms with E-state index in [0.29, 0.717) is 6.04 Å². The fourth-order valence-electron chi connectivity index (χ4n) is 2.04. The van der Waals surface area contributed by atoms with Crippen molar-refractivity contribution in [2.24, 2.45) is 0 Å². The molecule has 0 heterocycles. The Hall–Kier alpha value is -0.610. The van der Waals surface area contributed by atoms with Crippen molar-refractivity contribution >= 4 is 5.97 Å². The molecule has 0 amide bonds. The van der Waals surface area contributed by atoms with E-state index in [-0.39, 0.29) is 12.1 Å². The molecule has 0 spiro atoms. The molecule has 1 N–H and O–H groups in total. The lowest BCUT2D eigenvalue weighted by Crippen LogP contribution is -2.64. The second-order valence-electron chi connectivity index (χ2n) is 4.26. The summed E-state index contributed by atoms with van der Waals surface area (Å²) < 4.78 is 10.0. The molecular weight excluding hydrogens is 182 g/mol. The van der Waals surface area contributed by atoms with Gasteiger partial charge in [-0.15, -0.1) is 0 Å². The SMILES string of the molecule is COC(=O)C1(NC2CC2)CC(OC)C1. The molecule has 2 aliphatic carbocycles. The van der Waals surface area contributed by atoms with Crippen LogP contribution in [0, 0.1) is 0 Å². The summed E-state index contributed by atoms with van der Waals surface area (Å²) in [7, 11) is 3.13. The maximum atomic E-state index is 11.6. The van der Waals surface area contributed by atoms with Crippen molar-refractivity contribution in [3.05, 3.63) is 0 Å². The quantitative estimate of drug-likeness (QED) is 0.668. The first-order valence-corrected chi connectivity index (χ1v) is 5.09. The first-order chi connectivity index (χ1) is 6.70. The Morgan fingerprint density at radius 1 is 1.36 bits per heavy atom. The lowest BCUT2D eigenvalue weighted by Gasteiger charge is -2.45. The summed E-state index contributed by atoms with van der Waals surface area (Å²) in [5.74, 6) is -0.141. The van der Waals surface area contributed by atoms with Crippen LogP contribution in [-0.2, 0) is 14.3 Å². The number of esters is 1. The Morgan fingerprint density at radius 2 is 2.00 bits per heavy atom. The molecule has 0 radical (unpaired) electrons. The van der Waals surface area contributed by atoms with Gasteiger partial charge in [0.2, 0.25) is 0 Å². The third-order valence-electron chi connectivity index (χ3n) is 3.12. The normalized spacial score (nSPS) is 36.3. The van der Waals surface area contributed by atoms with E-state index in [0.717, 1.165) is 12.8 Å². The van der Waals surface area contributed by atoms with Crippen molar-refractivity contribution in [2.75, 3.05) is 14.2 Å². The largest absolute Gasteiger partial charge is 0.468 e. The highest BCUT2D eigenvalue weighted by Gasteiger charge is 2.53. The van der Waals surface area contributed by atoms with Crippen LogP contribution < -0.4 is 5.32 Å². The molecule has 0 aromatic heterocycles. The van der Waals surface area contributed by atoms with Gasteiger partial charge in [0.1, 0.15) is 5.54 Å². The average Bonchev–Trinajstić information content (AvgIpc) is 2.92. The minimum absolute atomic E-state index is 0.141. The number of rotatable bonds is 4. The van der Waals surface area contributed by atoms with Crippen LogP contribution in [0.1, 0.15) is 25.7 Å². The second-order valence-corrected chi connectivity index (χ2v) is 4.26. The number of hydrogen-bond acceptors (Lipinski definition) is 4. The molecule has 0 unspecified atom stereocenters. The molecular formula is C10H17NO3. The van der Waals surface area contributed by atoms with Gasteiger partial charge in [-0.25, -0.2) is 0 Å². The molecule has 0 aromatic carbocycles. The molecule has 80 valence electrons. The van der Waals surface area contributed by atoms with Gasteiger partial charge in [-0.2, -0.15) is 0 Å². The van der Waals surface area contributed by atoms with Crippen molar-refractivity contribution < 1.29 is 14.3 Å². The Labute approximate surface area is 84.0 Å². The summed E-state index contributed by atoms with van der Waals surface area (Å²) in [6.07, 6.45) is 4.05. The lowest BCUT2D eigenvalue weighted by atomic mass is 9.74.